The molecule has 1 aromatic carbocycles. The molecule has 0 saturated carbocycles. The summed E-state index contributed by atoms with van der Waals surface area (Å²) >= 11 is 0. The van der Waals surface area contributed by atoms with Gasteiger partial charge in [-0.1, -0.05) is 44.2 Å². The zero-order chi connectivity index (χ0) is 16.2. The average molecular weight is 308 g/mol. The van der Waals surface area contributed by atoms with Crippen molar-refractivity contribution in [2.24, 2.45) is 0 Å². The molecular weight excluding hydrogens is 276 g/mol. The number of aliphatic hydroxyl groups excluding tert-OH is 1. The first kappa shape index (κ1) is 19.1. The number of hydrogen-bond donors (Lipinski definition) is 1. The van der Waals surface area contributed by atoms with Crippen molar-refractivity contribution in [2.75, 3.05) is 53.0 Å². The first-order valence-electron chi connectivity index (χ1n) is 8.43. The van der Waals surface area contributed by atoms with Crippen LogP contribution in [0.15, 0.2) is 30.3 Å². The Morgan fingerprint density at radius 1 is 1.05 bits per heavy atom. The Labute approximate surface area is 135 Å². The van der Waals surface area contributed by atoms with E-state index in [-0.39, 0.29) is 6.10 Å². The van der Waals surface area contributed by atoms with E-state index in [0.717, 1.165) is 45.7 Å². The Balaban J connectivity index is 0.00000116. The third-order valence-electron chi connectivity index (χ3n) is 3.85. The molecule has 4 nitrogen and oxygen atoms in total. The quantitative estimate of drug-likeness (QED) is 0.834. The highest BCUT2D eigenvalue weighted by Crippen LogP contribution is 2.06. The highest BCUT2D eigenvalue weighted by molar-refractivity contribution is 5.14. The van der Waals surface area contributed by atoms with Crippen molar-refractivity contribution in [3.05, 3.63) is 35.9 Å². The van der Waals surface area contributed by atoms with Gasteiger partial charge in [-0.15, -0.1) is 0 Å². The SMILES string of the molecule is CC.COCC(O)CN1CCN(CCc2ccccc2)CC1. The third-order valence-corrected chi connectivity index (χ3v) is 3.85. The summed E-state index contributed by atoms with van der Waals surface area (Å²) in [6, 6.07) is 10.7. The van der Waals surface area contributed by atoms with Crippen molar-refractivity contribution in [3.8, 4) is 0 Å². The van der Waals surface area contributed by atoms with Gasteiger partial charge in [0.2, 0.25) is 0 Å². The van der Waals surface area contributed by atoms with Gasteiger partial charge >= 0.3 is 0 Å². The molecule has 1 aliphatic rings. The molecule has 2 rings (SSSR count). The molecule has 0 aliphatic carbocycles. The van der Waals surface area contributed by atoms with Crippen molar-refractivity contribution >= 4 is 0 Å². The first-order chi connectivity index (χ1) is 10.8. The molecule has 1 aliphatic heterocycles. The molecule has 0 amide bonds. The summed E-state index contributed by atoms with van der Waals surface area (Å²) in [6.07, 6.45) is 0.753. The number of piperazine rings is 1. The van der Waals surface area contributed by atoms with Crippen LogP contribution in [0.4, 0.5) is 0 Å². The van der Waals surface area contributed by atoms with Gasteiger partial charge in [0.25, 0.3) is 0 Å². The first-order valence-corrected chi connectivity index (χ1v) is 8.43. The van der Waals surface area contributed by atoms with Crippen LogP contribution >= 0.6 is 0 Å². The summed E-state index contributed by atoms with van der Waals surface area (Å²) in [4.78, 5) is 4.83. The molecule has 0 aromatic heterocycles. The van der Waals surface area contributed by atoms with Gasteiger partial charge in [0.05, 0.1) is 12.7 Å². The lowest BCUT2D eigenvalue weighted by atomic mass is 10.1. The maximum Gasteiger partial charge on any atom is 0.0900 e. The summed E-state index contributed by atoms with van der Waals surface area (Å²) in [5.74, 6) is 0. The normalized spacial score (nSPS) is 17.6. The minimum absolute atomic E-state index is 0.365. The topological polar surface area (TPSA) is 35.9 Å². The second kappa shape index (κ2) is 11.6. The van der Waals surface area contributed by atoms with Crippen molar-refractivity contribution in [1.82, 2.24) is 9.80 Å². The number of benzene rings is 1. The Kier molecular flexibility index (Phi) is 10.1. The minimum atomic E-state index is -0.365. The van der Waals surface area contributed by atoms with Crippen molar-refractivity contribution in [1.29, 1.82) is 0 Å². The zero-order valence-corrected chi connectivity index (χ0v) is 14.4. The number of ether oxygens (including phenoxy) is 1. The largest absolute Gasteiger partial charge is 0.389 e. The number of β-amino-alcohol motifs (C(OH)–C–C–N with tert-alkyl or cyclic N) is 1. The van der Waals surface area contributed by atoms with Crippen LogP contribution in [0.2, 0.25) is 0 Å². The van der Waals surface area contributed by atoms with Crippen LogP contribution in [0.3, 0.4) is 0 Å². The van der Waals surface area contributed by atoms with Gasteiger partial charge in [-0.05, 0) is 12.0 Å². The highest BCUT2D eigenvalue weighted by atomic mass is 16.5. The van der Waals surface area contributed by atoms with E-state index >= 15 is 0 Å². The van der Waals surface area contributed by atoms with Crippen LogP contribution in [0.5, 0.6) is 0 Å². The van der Waals surface area contributed by atoms with Gasteiger partial charge in [0, 0.05) is 46.4 Å². The maximum atomic E-state index is 9.74. The molecule has 4 heteroatoms. The summed E-state index contributed by atoms with van der Waals surface area (Å²) in [5, 5.41) is 9.74. The molecule has 126 valence electrons. The Bertz CT molecular complexity index is 365. The van der Waals surface area contributed by atoms with Crippen LogP contribution in [0, 0.1) is 0 Å². The van der Waals surface area contributed by atoms with E-state index in [1.165, 1.54) is 5.56 Å². The predicted octanol–water partition coefficient (Wildman–Crippen LogP) is 1.88. The van der Waals surface area contributed by atoms with Crippen LogP contribution in [0.25, 0.3) is 0 Å². The number of aliphatic hydroxyl groups is 1. The molecule has 1 aromatic rings. The van der Waals surface area contributed by atoms with E-state index < -0.39 is 0 Å². The molecule has 1 saturated heterocycles. The number of nitrogens with zero attached hydrogens (tertiary/aromatic N) is 2. The van der Waals surface area contributed by atoms with E-state index in [9.17, 15) is 5.11 Å². The summed E-state index contributed by atoms with van der Waals surface area (Å²) in [5.41, 5.74) is 1.41. The molecule has 1 heterocycles. The van der Waals surface area contributed by atoms with Gasteiger partial charge in [-0.25, -0.2) is 0 Å². The monoisotopic (exact) mass is 308 g/mol. The number of rotatable bonds is 7. The molecule has 1 N–H and O–H groups in total. The Morgan fingerprint density at radius 2 is 1.64 bits per heavy atom. The van der Waals surface area contributed by atoms with Crippen molar-refractivity contribution < 1.29 is 9.84 Å². The van der Waals surface area contributed by atoms with E-state index in [2.05, 4.69) is 40.1 Å². The lowest BCUT2D eigenvalue weighted by molar-refractivity contribution is 0.0241. The average Bonchev–Trinajstić information content (AvgIpc) is 2.57. The van der Waals surface area contributed by atoms with E-state index in [1.807, 2.05) is 13.8 Å². The van der Waals surface area contributed by atoms with Crippen molar-refractivity contribution in [2.45, 2.75) is 26.4 Å². The summed E-state index contributed by atoms with van der Waals surface area (Å²) < 4.78 is 4.97. The fourth-order valence-electron chi connectivity index (χ4n) is 2.67. The molecule has 1 fully saturated rings. The third kappa shape index (κ3) is 7.36. The van der Waals surface area contributed by atoms with Crippen LogP contribution in [-0.2, 0) is 11.2 Å². The predicted molar refractivity (Wildman–Crippen MR) is 92.3 cm³/mol. The lowest BCUT2D eigenvalue weighted by Crippen LogP contribution is -2.49. The standard InChI is InChI=1S/C16H26N2O2.C2H6/c1-20-14-16(19)13-18-11-9-17(10-12-18)8-7-15-5-3-2-4-6-15;1-2/h2-6,16,19H,7-14H2,1H3;1-2H3. The van der Waals surface area contributed by atoms with Crippen LogP contribution in [0.1, 0.15) is 19.4 Å². The van der Waals surface area contributed by atoms with E-state index in [4.69, 9.17) is 4.74 Å². The number of methoxy groups -OCH3 is 1. The minimum Gasteiger partial charge on any atom is -0.389 e. The zero-order valence-electron chi connectivity index (χ0n) is 14.4. The van der Waals surface area contributed by atoms with Crippen LogP contribution < -0.4 is 0 Å². The fourth-order valence-corrected chi connectivity index (χ4v) is 2.67. The number of hydrogen-bond acceptors (Lipinski definition) is 4. The van der Waals surface area contributed by atoms with Crippen LogP contribution in [-0.4, -0.2) is 74.0 Å². The van der Waals surface area contributed by atoms with Gasteiger partial charge in [0.15, 0.2) is 0 Å². The molecule has 22 heavy (non-hydrogen) atoms. The van der Waals surface area contributed by atoms with E-state index in [0.29, 0.717) is 6.61 Å². The van der Waals surface area contributed by atoms with Gasteiger partial charge in [0.1, 0.15) is 0 Å². The van der Waals surface area contributed by atoms with Gasteiger partial charge in [-0.3, -0.25) is 4.90 Å². The lowest BCUT2D eigenvalue weighted by Gasteiger charge is -2.35. The molecule has 0 spiro atoms. The second-order valence-electron chi connectivity index (χ2n) is 5.49. The Morgan fingerprint density at radius 3 is 2.23 bits per heavy atom. The molecular formula is C18H32N2O2. The van der Waals surface area contributed by atoms with Gasteiger partial charge < -0.3 is 14.7 Å². The smallest absolute Gasteiger partial charge is 0.0900 e. The molecule has 1 unspecified atom stereocenters. The highest BCUT2D eigenvalue weighted by Gasteiger charge is 2.18. The summed E-state index contributed by atoms with van der Waals surface area (Å²) in [7, 11) is 1.63. The maximum absolute atomic E-state index is 9.74. The van der Waals surface area contributed by atoms with Gasteiger partial charge in [-0.2, -0.15) is 0 Å². The summed E-state index contributed by atoms with van der Waals surface area (Å²) in [6.45, 7) is 10.5. The Hall–Kier alpha value is -0.940. The fraction of sp³-hybridized carbons (Fsp3) is 0.667. The molecule has 0 bridgehead atoms. The molecule has 1 atom stereocenters. The molecule has 0 radical (unpaired) electrons. The van der Waals surface area contributed by atoms with Crippen molar-refractivity contribution in [3.63, 3.8) is 0 Å². The van der Waals surface area contributed by atoms with E-state index in [1.54, 1.807) is 7.11 Å². The second-order valence-corrected chi connectivity index (χ2v) is 5.49.